The summed E-state index contributed by atoms with van der Waals surface area (Å²) in [6.45, 7) is 3.38. The van der Waals surface area contributed by atoms with Gasteiger partial charge < -0.3 is 14.8 Å². The Hall–Kier alpha value is -1.64. The standard InChI is InChI=1S/C18H23F3N2O3/c19-18(20,21)14-5-3-13(4-6-14)15(23-7-10-25-11-8-23)12-22-17(24)16-2-1-9-26-16/h3-6,15-16H,1-2,7-12H2,(H,22,24)/t15-,16-/m1/s1. The number of rotatable bonds is 5. The Balaban J connectivity index is 1.71. The average Bonchev–Trinajstić information content (AvgIpc) is 3.17. The highest BCUT2D eigenvalue weighted by Gasteiger charge is 2.31. The molecule has 8 heteroatoms. The van der Waals surface area contributed by atoms with Crippen molar-refractivity contribution in [1.29, 1.82) is 0 Å². The van der Waals surface area contributed by atoms with Gasteiger partial charge in [-0.1, -0.05) is 12.1 Å². The van der Waals surface area contributed by atoms with Crippen LogP contribution in [0.4, 0.5) is 13.2 Å². The molecule has 2 aliphatic rings. The second-order valence-corrected chi connectivity index (χ2v) is 6.53. The van der Waals surface area contributed by atoms with Gasteiger partial charge in [-0.15, -0.1) is 0 Å². The number of amides is 1. The minimum atomic E-state index is -4.36. The first-order valence-corrected chi connectivity index (χ1v) is 8.83. The molecule has 1 aromatic carbocycles. The monoisotopic (exact) mass is 372 g/mol. The maximum atomic E-state index is 12.8. The summed E-state index contributed by atoms with van der Waals surface area (Å²) in [4.78, 5) is 14.3. The number of hydrogen-bond donors (Lipinski definition) is 1. The van der Waals surface area contributed by atoms with Crippen molar-refractivity contribution in [1.82, 2.24) is 10.2 Å². The van der Waals surface area contributed by atoms with E-state index in [1.807, 2.05) is 0 Å². The number of halogens is 3. The quantitative estimate of drug-likeness (QED) is 0.862. The number of carbonyl (C=O) groups is 1. The Bertz CT molecular complexity index is 595. The number of nitrogens with one attached hydrogen (secondary N) is 1. The summed E-state index contributed by atoms with van der Waals surface area (Å²) in [7, 11) is 0. The number of morpholine rings is 1. The molecule has 0 spiro atoms. The number of nitrogens with zero attached hydrogens (tertiary/aromatic N) is 1. The third-order valence-electron chi connectivity index (χ3n) is 4.80. The second kappa shape index (κ2) is 8.37. The van der Waals surface area contributed by atoms with Gasteiger partial charge in [0.2, 0.25) is 5.91 Å². The molecule has 2 aliphatic heterocycles. The van der Waals surface area contributed by atoms with Crippen LogP contribution in [0.15, 0.2) is 24.3 Å². The fourth-order valence-corrected chi connectivity index (χ4v) is 3.34. The maximum absolute atomic E-state index is 12.8. The highest BCUT2D eigenvalue weighted by atomic mass is 19.4. The van der Waals surface area contributed by atoms with E-state index < -0.39 is 17.8 Å². The van der Waals surface area contributed by atoms with E-state index in [2.05, 4.69) is 10.2 Å². The van der Waals surface area contributed by atoms with E-state index in [1.165, 1.54) is 12.1 Å². The SMILES string of the molecule is O=C(NC[C@H](c1ccc(C(F)(F)F)cc1)N1CCOCC1)[C@H]1CCCO1. The molecule has 26 heavy (non-hydrogen) atoms. The molecule has 0 unspecified atom stereocenters. The number of alkyl halides is 3. The van der Waals surface area contributed by atoms with Crippen molar-refractivity contribution in [2.24, 2.45) is 0 Å². The molecule has 1 N–H and O–H groups in total. The van der Waals surface area contributed by atoms with Crippen molar-refractivity contribution in [3.63, 3.8) is 0 Å². The summed E-state index contributed by atoms with van der Waals surface area (Å²) in [5.41, 5.74) is 0.0675. The Labute approximate surface area is 150 Å². The fourth-order valence-electron chi connectivity index (χ4n) is 3.34. The molecular weight excluding hydrogens is 349 g/mol. The van der Waals surface area contributed by atoms with E-state index >= 15 is 0 Å². The number of benzene rings is 1. The Morgan fingerprint density at radius 3 is 2.46 bits per heavy atom. The lowest BCUT2D eigenvalue weighted by molar-refractivity contribution is -0.137. The van der Waals surface area contributed by atoms with Gasteiger partial charge in [-0.2, -0.15) is 13.2 Å². The third kappa shape index (κ3) is 4.75. The molecule has 0 radical (unpaired) electrons. The van der Waals surface area contributed by atoms with Crippen molar-refractivity contribution in [3.05, 3.63) is 35.4 Å². The van der Waals surface area contributed by atoms with Gasteiger partial charge in [-0.3, -0.25) is 9.69 Å². The van der Waals surface area contributed by atoms with Crippen molar-refractivity contribution < 1.29 is 27.4 Å². The van der Waals surface area contributed by atoms with Crippen molar-refractivity contribution in [3.8, 4) is 0 Å². The normalized spacial score (nSPS) is 23.0. The third-order valence-corrected chi connectivity index (χ3v) is 4.80. The molecule has 2 heterocycles. The predicted molar refractivity (Wildman–Crippen MR) is 88.6 cm³/mol. The van der Waals surface area contributed by atoms with E-state index in [0.29, 0.717) is 45.9 Å². The van der Waals surface area contributed by atoms with E-state index in [4.69, 9.17) is 9.47 Å². The lowest BCUT2D eigenvalue weighted by Crippen LogP contribution is -2.45. The molecule has 2 fully saturated rings. The van der Waals surface area contributed by atoms with E-state index in [-0.39, 0.29) is 11.9 Å². The summed E-state index contributed by atoms with van der Waals surface area (Å²) >= 11 is 0. The van der Waals surface area contributed by atoms with Gasteiger partial charge in [0.05, 0.1) is 24.8 Å². The Kier molecular flexibility index (Phi) is 6.16. The largest absolute Gasteiger partial charge is 0.416 e. The van der Waals surface area contributed by atoms with Crippen molar-refractivity contribution in [2.45, 2.75) is 31.2 Å². The number of carbonyl (C=O) groups excluding carboxylic acids is 1. The van der Waals surface area contributed by atoms with E-state index in [0.717, 1.165) is 24.1 Å². The first-order valence-electron chi connectivity index (χ1n) is 8.83. The smallest absolute Gasteiger partial charge is 0.379 e. The zero-order valence-electron chi connectivity index (χ0n) is 14.4. The lowest BCUT2D eigenvalue weighted by atomic mass is 10.0. The highest BCUT2D eigenvalue weighted by molar-refractivity contribution is 5.81. The fraction of sp³-hybridized carbons (Fsp3) is 0.611. The summed E-state index contributed by atoms with van der Waals surface area (Å²) in [6.07, 6.45) is -3.22. The molecule has 0 bridgehead atoms. The first-order chi connectivity index (χ1) is 12.4. The van der Waals surface area contributed by atoms with Crippen LogP contribution in [0.2, 0.25) is 0 Å². The van der Waals surface area contributed by atoms with Crippen LogP contribution in [0.25, 0.3) is 0 Å². The highest BCUT2D eigenvalue weighted by Crippen LogP contribution is 2.31. The van der Waals surface area contributed by atoms with Gasteiger partial charge in [0, 0.05) is 26.2 Å². The molecule has 3 rings (SSSR count). The van der Waals surface area contributed by atoms with Crippen LogP contribution in [0.3, 0.4) is 0 Å². The lowest BCUT2D eigenvalue weighted by Gasteiger charge is -2.35. The van der Waals surface area contributed by atoms with Crippen molar-refractivity contribution >= 4 is 5.91 Å². The topological polar surface area (TPSA) is 50.8 Å². The molecule has 0 saturated carbocycles. The zero-order chi connectivity index (χ0) is 18.6. The second-order valence-electron chi connectivity index (χ2n) is 6.53. The number of ether oxygens (including phenoxy) is 2. The van der Waals surface area contributed by atoms with Crippen LogP contribution in [-0.2, 0) is 20.4 Å². The van der Waals surface area contributed by atoms with Crippen molar-refractivity contribution in [2.75, 3.05) is 39.5 Å². The minimum Gasteiger partial charge on any atom is -0.379 e. The summed E-state index contributed by atoms with van der Waals surface area (Å²) in [5, 5.41) is 2.90. The predicted octanol–water partition coefficient (Wildman–Crippen LogP) is 2.37. The van der Waals surface area contributed by atoms with E-state index in [9.17, 15) is 18.0 Å². The van der Waals surface area contributed by atoms with Crippen LogP contribution in [-0.4, -0.2) is 56.4 Å². The molecule has 1 aromatic rings. The summed E-state index contributed by atoms with van der Waals surface area (Å²) < 4.78 is 49.2. The van der Waals surface area contributed by atoms with Crippen LogP contribution >= 0.6 is 0 Å². The molecule has 144 valence electrons. The van der Waals surface area contributed by atoms with Gasteiger partial charge in [0.1, 0.15) is 6.10 Å². The zero-order valence-corrected chi connectivity index (χ0v) is 14.4. The molecule has 0 aliphatic carbocycles. The summed E-state index contributed by atoms with van der Waals surface area (Å²) in [5.74, 6) is -0.160. The number of hydrogen-bond acceptors (Lipinski definition) is 4. The summed E-state index contributed by atoms with van der Waals surface area (Å²) in [6, 6.07) is 4.95. The maximum Gasteiger partial charge on any atom is 0.416 e. The first kappa shape index (κ1) is 19.1. The Morgan fingerprint density at radius 2 is 1.88 bits per heavy atom. The van der Waals surface area contributed by atoms with Gasteiger partial charge in [-0.25, -0.2) is 0 Å². The van der Waals surface area contributed by atoms with Gasteiger partial charge in [-0.05, 0) is 30.5 Å². The van der Waals surface area contributed by atoms with Crippen LogP contribution in [0, 0.1) is 0 Å². The molecule has 5 nitrogen and oxygen atoms in total. The van der Waals surface area contributed by atoms with Gasteiger partial charge >= 0.3 is 6.18 Å². The molecular formula is C18H23F3N2O3. The van der Waals surface area contributed by atoms with Crippen LogP contribution in [0.1, 0.15) is 30.0 Å². The molecule has 0 aromatic heterocycles. The van der Waals surface area contributed by atoms with Gasteiger partial charge in [0.25, 0.3) is 0 Å². The Morgan fingerprint density at radius 1 is 1.19 bits per heavy atom. The van der Waals surface area contributed by atoms with E-state index in [1.54, 1.807) is 0 Å². The van der Waals surface area contributed by atoms with Gasteiger partial charge in [0.15, 0.2) is 0 Å². The molecule has 1 amide bonds. The van der Waals surface area contributed by atoms with Crippen LogP contribution in [0.5, 0.6) is 0 Å². The van der Waals surface area contributed by atoms with Crippen LogP contribution < -0.4 is 5.32 Å². The minimum absolute atomic E-state index is 0.160. The molecule has 2 atom stereocenters. The average molecular weight is 372 g/mol. The molecule has 2 saturated heterocycles.